The van der Waals surface area contributed by atoms with E-state index in [0.717, 1.165) is 12.8 Å². The van der Waals surface area contributed by atoms with Gasteiger partial charge >= 0.3 is 0 Å². The van der Waals surface area contributed by atoms with Crippen molar-refractivity contribution >= 4 is 28.5 Å². The summed E-state index contributed by atoms with van der Waals surface area (Å²) >= 11 is 0. The third-order valence-corrected chi connectivity index (χ3v) is 9.62. The molecule has 0 heteroatoms. The van der Waals surface area contributed by atoms with E-state index in [-0.39, 0.29) is 29.7 Å². The van der Waals surface area contributed by atoms with Crippen molar-refractivity contribution in [3.63, 3.8) is 0 Å². The Bertz CT molecular complexity index is 2260. The minimum absolute atomic E-state index is 0. The quantitative estimate of drug-likeness (QED) is 0.180. The maximum Gasteiger partial charge on any atom is 0.00620 e. The molecule has 3 aliphatic rings. The first-order chi connectivity index (χ1) is 22.3. The van der Waals surface area contributed by atoms with Gasteiger partial charge in [0.15, 0.2) is 0 Å². The molecule has 0 bridgehead atoms. The standard InChI is InChI=1S/C43H30.C2H6.4CH4/c1-2-8-28(9-3-1)31-20-22-36-33(26-31)18-19-34-27-32(21-23-37(34)36)29-14-16-30(17-15-29)35-24-25-42-39-11-5-4-10-38(39)41-13-7-6-12-40(35)43(41)42;1-2;;;;/h1-11,13-19,21-27,31H,12,20H2;1-2H3;4*1H4. The Hall–Kier alpha value is -5.20. The average Bonchev–Trinajstić information content (AvgIpc) is 3.27. The highest BCUT2D eigenvalue weighted by Gasteiger charge is 2.27. The van der Waals surface area contributed by atoms with Gasteiger partial charge in [-0.3, -0.25) is 0 Å². The zero-order valence-electron chi connectivity index (χ0n) is 25.9. The Kier molecular flexibility index (Phi) is 11.5. The predicted octanol–water partition coefficient (Wildman–Crippen LogP) is 13.0. The van der Waals surface area contributed by atoms with Crippen molar-refractivity contribution in [1.29, 1.82) is 0 Å². The zero-order valence-corrected chi connectivity index (χ0v) is 25.9. The smallest absolute Gasteiger partial charge is 0.00620 e. The van der Waals surface area contributed by atoms with Crippen LogP contribution in [0.3, 0.4) is 0 Å². The van der Waals surface area contributed by atoms with Crippen LogP contribution in [-0.4, -0.2) is 0 Å². The van der Waals surface area contributed by atoms with E-state index in [2.05, 4.69) is 152 Å². The fraction of sp³-hybridized carbons (Fsp3) is 0.184. The van der Waals surface area contributed by atoms with Crippen LogP contribution in [0.25, 0.3) is 61.9 Å². The zero-order chi connectivity index (χ0) is 30.3. The molecule has 0 N–H and O–H groups in total. The second-order valence-electron chi connectivity index (χ2n) is 12.0. The summed E-state index contributed by atoms with van der Waals surface area (Å²) in [7, 11) is 0. The summed E-state index contributed by atoms with van der Waals surface area (Å²) in [5.74, 6) is 0.447. The second-order valence-corrected chi connectivity index (χ2v) is 12.0. The first kappa shape index (κ1) is 36.6. The summed E-state index contributed by atoms with van der Waals surface area (Å²) in [5.41, 5.74) is 14.8. The molecular formula is C49H52. The number of benzene rings is 6. The van der Waals surface area contributed by atoms with Gasteiger partial charge in [0.25, 0.3) is 0 Å². The molecular weight excluding hydrogens is 589 g/mol. The Balaban J connectivity index is 0.000000886. The summed E-state index contributed by atoms with van der Waals surface area (Å²) < 4.78 is 0. The largest absolute Gasteiger partial charge is 0.0801 e. The van der Waals surface area contributed by atoms with Crippen LogP contribution >= 0.6 is 0 Å². The van der Waals surface area contributed by atoms with E-state index in [0.29, 0.717) is 5.92 Å². The Morgan fingerprint density at radius 3 is 2.02 bits per heavy atom. The van der Waals surface area contributed by atoms with Gasteiger partial charge in [-0.15, -0.1) is 0 Å². The molecule has 1 atom stereocenters. The summed E-state index contributed by atoms with van der Waals surface area (Å²) in [5, 5.41) is 5.35. The minimum atomic E-state index is 0. The Morgan fingerprint density at radius 2 is 1.24 bits per heavy atom. The molecule has 0 spiro atoms. The van der Waals surface area contributed by atoms with E-state index in [1.165, 1.54) is 82.4 Å². The van der Waals surface area contributed by atoms with Gasteiger partial charge in [0, 0.05) is 5.92 Å². The minimum Gasteiger partial charge on any atom is -0.0801 e. The summed E-state index contributed by atoms with van der Waals surface area (Å²) in [6.07, 6.45) is 13.7. The SMILES string of the molecule is C.C.C.C.C1=CCc2c(-c3ccc(-c4ccc5c6c(ccc5c4)=CC(c4ccccc4)CC=6)cc3)ccc3c2C(=C1)c1ccccc1-3.CC. The number of allylic oxidation sites excluding steroid dienone is 3. The molecule has 0 amide bonds. The van der Waals surface area contributed by atoms with Gasteiger partial charge in [-0.25, -0.2) is 0 Å². The van der Waals surface area contributed by atoms with Crippen molar-refractivity contribution in [3.8, 4) is 33.4 Å². The van der Waals surface area contributed by atoms with E-state index < -0.39 is 0 Å². The van der Waals surface area contributed by atoms with E-state index in [1.807, 2.05) is 13.8 Å². The van der Waals surface area contributed by atoms with Crippen LogP contribution in [0.4, 0.5) is 0 Å². The lowest BCUT2D eigenvalue weighted by molar-refractivity contribution is 0.922. The molecule has 6 aromatic carbocycles. The normalized spacial score (nSPS) is 14.1. The van der Waals surface area contributed by atoms with E-state index >= 15 is 0 Å². The van der Waals surface area contributed by atoms with E-state index in [1.54, 1.807) is 0 Å². The molecule has 0 nitrogen and oxygen atoms in total. The molecule has 0 fully saturated rings. The Morgan fingerprint density at radius 1 is 0.571 bits per heavy atom. The van der Waals surface area contributed by atoms with Crippen LogP contribution in [0.2, 0.25) is 0 Å². The summed E-state index contributed by atoms with van der Waals surface area (Å²) in [6.45, 7) is 4.00. The summed E-state index contributed by atoms with van der Waals surface area (Å²) in [6, 6.07) is 45.1. The molecule has 0 saturated heterocycles. The van der Waals surface area contributed by atoms with Gasteiger partial charge in [-0.1, -0.05) is 189 Å². The van der Waals surface area contributed by atoms with Crippen LogP contribution in [-0.2, 0) is 6.42 Å². The van der Waals surface area contributed by atoms with E-state index in [9.17, 15) is 0 Å². The van der Waals surface area contributed by atoms with Crippen LogP contribution < -0.4 is 10.4 Å². The van der Waals surface area contributed by atoms with Gasteiger partial charge in [0.05, 0.1) is 0 Å². The van der Waals surface area contributed by atoms with Crippen LogP contribution in [0.15, 0.2) is 140 Å². The summed E-state index contributed by atoms with van der Waals surface area (Å²) in [4.78, 5) is 0. The molecule has 0 heterocycles. The molecule has 248 valence electrons. The van der Waals surface area contributed by atoms with Crippen LogP contribution in [0.5, 0.6) is 0 Å². The molecule has 1 unspecified atom stereocenters. The van der Waals surface area contributed by atoms with Gasteiger partial charge in [0.2, 0.25) is 0 Å². The van der Waals surface area contributed by atoms with Crippen molar-refractivity contribution in [2.75, 3.05) is 0 Å². The van der Waals surface area contributed by atoms with E-state index in [4.69, 9.17) is 0 Å². The van der Waals surface area contributed by atoms with Gasteiger partial charge in [-0.05, 0) is 101 Å². The van der Waals surface area contributed by atoms with Crippen molar-refractivity contribution < 1.29 is 0 Å². The van der Waals surface area contributed by atoms with Gasteiger partial charge in [-0.2, -0.15) is 0 Å². The average molecular weight is 641 g/mol. The lowest BCUT2D eigenvalue weighted by Gasteiger charge is -2.16. The molecule has 0 saturated carbocycles. The second kappa shape index (κ2) is 15.3. The number of rotatable bonds is 3. The molecule has 0 aliphatic heterocycles. The lowest BCUT2D eigenvalue weighted by Crippen LogP contribution is -2.29. The monoisotopic (exact) mass is 640 g/mol. The van der Waals surface area contributed by atoms with Crippen LogP contribution in [0.1, 0.15) is 78.1 Å². The van der Waals surface area contributed by atoms with Crippen LogP contribution in [0, 0.1) is 0 Å². The predicted molar refractivity (Wildman–Crippen MR) is 220 cm³/mol. The molecule has 9 rings (SSSR count). The highest BCUT2D eigenvalue weighted by molar-refractivity contribution is 6.04. The molecule has 6 aromatic rings. The van der Waals surface area contributed by atoms with Crippen molar-refractivity contribution in [2.45, 2.75) is 62.3 Å². The molecule has 0 radical (unpaired) electrons. The number of hydrogen-bond acceptors (Lipinski definition) is 0. The van der Waals surface area contributed by atoms with Gasteiger partial charge < -0.3 is 0 Å². The van der Waals surface area contributed by atoms with Crippen molar-refractivity contribution in [1.82, 2.24) is 0 Å². The molecule has 49 heavy (non-hydrogen) atoms. The fourth-order valence-electron chi connectivity index (χ4n) is 7.50. The Labute approximate surface area is 295 Å². The maximum atomic E-state index is 2.44. The first-order valence-electron chi connectivity index (χ1n) is 16.4. The van der Waals surface area contributed by atoms with Crippen molar-refractivity contribution in [2.24, 2.45) is 0 Å². The highest BCUT2D eigenvalue weighted by atomic mass is 14.3. The molecule has 0 aromatic heterocycles. The van der Waals surface area contributed by atoms with Crippen molar-refractivity contribution in [3.05, 3.63) is 172 Å². The lowest BCUT2D eigenvalue weighted by atomic mass is 9.88. The maximum absolute atomic E-state index is 2.44. The fourth-order valence-corrected chi connectivity index (χ4v) is 7.50. The molecule has 3 aliphatic carbocycles. The number of fused-ring (bicyclic) bond motifs is 6. The van der Waals surface area contributed by atoms with Gasteiger partial charge in [0.1, 0.15) is 0 Å². The topological polar surface area (TPSA) is 0 Å². The third-order valence-electron chi connectivity index (χ3n) is 9.62. The first-order valence-corrected chi connectivity index (χ1v) is 16.4. The number of hydrogen-bond donors (Lipinski definition) is 0. The highest BCUT2D eigenvalue weighted by Crippen LogP contribution is 2.49. The third kappa shape index (κ3) is 6.25.